The zero-order valence-corrected chi connectivity index (χ0v) is 13.1. The first-order valence-corrected chi connectivity index (χ1v) is 8.56. The quantitative estimate of drug-likeness (QED) is 0.857. The van der Waals surface area contributed by atoms with Crippen LogP contribution in [0.1, 0.15) is 37.3 Å². The fourth-order valence-corrected chi connectivity index (χ4v) is 4.20. The van der Waals surface area contributed by atoms with Crippen LogP contribution in [0.15, 0.2) is 24.3 Å². The molecular formula is C16H22F3NS. The van der Waals surface area contributed by atoms with E-state index in [2.05, 4.69) is 12.2 Å². The molecule has 0 saturated carbocycles. The lowest BCUT2D eigenvalue weighted by Gasteiger charge is -2.30. The van der Waals surface area contributed by atoms with Gasteiger partial charge in [0.1, 0.15) is 0 Å². The van der Waals surface area contributed by atoms with Crippen molar-refractivity contribution in [3.63, 3.8) is 0 Å². The molecule has 1 fully saturated rings. The van der Waals surface area contributed by atoms with E-state index in [9.17, 15) is 13.2 Å². The van der Waals surface area contributed by atoms with Crippen molar-refractivity contribution in [2.45, 2.75) is 50.1 Å². The summed E-state index contributed by atoms with van der Waals surface area (Å²) in [6.45, 7) is 2.97. The third kappa shape index (κ3) is 4.92. The molecule has 1 aromatic rings. The van der Waals surface area contributed by atoms with E-state index in [0.29, 0.717) is 11.3 Å². The van der Waals surface area contributed by atoms with Crippen molar-refractivity contribution in [3.8, 4) is 0 Å². The van der Waals surface area contributed by atoms with E-state index < -0.39 is 11.7 Å². The van der Waals surface area contributed by atoms with E-state index in [0.717, 1.165) is 18.5 Å². The number of benzene rings is 1. The van der Waals surface area contributed by atoms with Crippen molar-refractivity contribution in [1.29, 1.82) is 0 Å². The summed E-state index contributed by atoms with van der Waals surface area (Å²) in [6.07, 6.45) is 0.276. The molecule has 21 heavy (non-hydrogen) atoms. The van der Waals surface area contributed by atoms with Crippen LogP contribution in [-0.2, 0) is 12.6 Å². The molecular weight excluding hydrogens is 295 g/mol. The second-order valence-electron chi connectivity index (χ2n) is 5.47. The third-order valence-corrected chi connectivity index (χ3v) is 5.38. The molecule has 2 unspecified atom stereocenters. The van der Waals surface area contributed by atoms with Gasteiger partial charge < -0.3 is 5.32 Å². The van der Waals surface area contributed by atoms with Gasteiger partial charge in [0.05, 0.1) is 5.56 Å². The summed E-state index contributed by atoms with van der Waals surface area (Å²) in [4.78, 5) is 0. The van der Waals surface area contributed by atoms with Crippen LogP contribution in [0, 0.1) is 0 Å². The maximum atomic E-state index is 12.6. The van der Waals surface area contributed by atoms with Crippen molar-refractivity contribution in [2.24, 2.45) is 0 Å². The Morgan fingerprint density at radius 1 is 1.24 bits per heavy atom. The smallest absolute Gasteiger partial charge is 0.313 e. The Hall–Kier alpha value is -0.680. The minimum atomic E-state index is -4.25. The van der Waals surface area contributed by atoms with Crippen molar-refractivity contribution in [1.82, 2.24) is 5.32 Å². The van der Waals surface area contributed by atoms with E-state index >= 15 is 0 Å². The van der Waals surface area contributed by atoms with E-state index in [1.807, 2.05) is 11.8 Å². The van der Waals surface area contributed by atoms with E-state index in [1.165, 1.54) is 37.1 Å². The van der Waals surface area contributed by atoms with Gasteiger partial charge in [-0.1, -0.05) is 25.5 Å². The summed E-state index contributed by atoms with van der Waals surface area (Å²) >= 11 is 2.00. The van der Waals surface area contributed by atoms with Crippen LogP contribution >= 0.6 is 11.8 Å². The van der Waals surface area contributed by atoms with E-state index in [1.54, 1.807) is 12.1 Å². The average Bonchev–Trinajstić information content (AvgIpc) is 2.47. The largest absolute Gasteiger partial charge is 0.416 e. The Morgan fingerprint density at radius 2 is 1.95 bits per heavy atom. The van der Waals surface area contributed by atoms with Gasteiger partial charge in [0.15, 0.2) is 0 Å². The van der Waals surface area contributed by atoms with Gasteiger partial charge in [-0.25, -0.2) is 0 Å². The minimum absolute atomic E-state index is 0.344. The first kappa shape index (κ1) is 16.7. The highest BCUT2D eigenvalue weighted by molar-refractivity contribution is 8.00. The Morgan fingerprint density at radius 3 is 2.48 bits per heavy atom. The van der Waals surface area contributed by atoms with E-state index in [-0.39, 0.29) is 0 Å². The molecule has 1 aromatic carbocycles. The fourth-order valence-electron chi connectivity index (χ4n) is 2.76. The van der Waals surface area contributed by atoms with Gasteiger partial charge in [-0.3, -0.25) is 0 Å². The monoisotopic (exact) mass is 317 g/mol. The van der Waals surface area contributed by atoms with Crippen LogP contribution in [0.5, 0.6) is 0 Å². The normalized spacial score (nSPS) is 21.2. The van der Waals surface area contributed by atoms with E-state index in [4.69, 9.17) is 0 Å². The topological polar surface area (TPSA) is 12.0 Å². The van der Waals surface area contributed by atoms with Gasteiger partial charge in [-0.15, -0.1) is 0 Å². The molecule has 0 aromatic heterocycles. The summed E-state index contributed by atoms with van der Waals surface area (Å²) < 4.78 is 37.7. The van der Waals surface area contributed by atoms with Crippen molar-refractivity contribution in [3.05, 3.63) is 35.4 Å². The molecule has 1 heterocycles. The van der Waals surface area contributed by atoms with Gasteiger partial charge >= 0.3 is 6.18 Å². The minimum Gasteiger partial charge on any atom is -0.313 e. The Bertz CT molecular complexity index is 424. The SMILES string of the molecule is CCNC(Cc1ccc(C(F)(F)F)cc1)C1CCCCS1. The standard InChI is InChI=1S/C16H22F3NS/c1-2-20-14(15-5-3-4-10-21-15)11-12-6-8-13(9-7-12)16(17,18)19/h6-9,14-15,20H,2-5,10-11H2,1H3. The highest BCUT2D eigenvalue weighted by atomic mass is 32.2. The van der Waals surface area contributed by atoms with Gasteiger partial charge in [-0.2, -0.15) is 24.9 Å². The molecule has 0 bridgehead atoms. The molecule has 1 aliphatic heterocycles. The predicted octanol–water partition coefficient (Wildman–Crippen LogP) is 4.51. The summed E-state index contributed by atoms with van der Waals surface area (Å²) in [5.41, 5.74) is 0.401. The van der Waals surface area contributed by atoms with Crippen LogP contribution in [0.4, 0.5) is 13.2 Å². The molecule has 1 N–H and O–H groups in total. The van der Waals surface area contributed by atoms with Crippen molar-refractivity contribution in [2.75, 3.05) is 12.3 Å². The molecule has 1 saturated heterocycles. The van der Waals surface area contributed by atoms with Gasteiger partial charge in [0.2, 0.25) is 0 Å². The molecule has 2 atom stereocenters. The Balaban J connectivity index is 2.02. The maximum absolute atomic E-state index is 12.6. The molecule has 0 aliphatic carbocycles. The molecule has 1 aliphatic rings. The number of halogens is 3. The number of thioether (sulfide) groups is 1. The molecule has 1 nitrogen and oxygen atoms in total. The summed E-state index contributed by atoms with van der Waals surface area (Å²) in [5.74, 6) is 1.19. The predicted molar refractivity (Wildman–Crippen MR) is 82.7 cm³/mol. The van der Waals surface area contributed by atoms with Gasteiger partial charge in [0, 0.05) is 11.3 Å². The lowest BCUT2D eigenvalue weighted by atomic mass is 9.98. The Labute approximate surface area is 128 Å². The maximum Gasteiger partial charge on any atom is 0.416 e. The molecule has 118 valence electrons. The van der Waals surface area contributed by atoms with Crippen LogP contribution in [0.25, 0.3) is 0 Å². The second-order valence-corrected chi connectivity index (χ2v) is 6.82. The highest BCUT2D eigenvalue weighted by Crippen LogP contribution is 2.31. The number of hydrogen-bond donors (Lipinski definition) is 1. The molecule has 2 rings (SSSR count). The zero-order chi connectivity index (χ0) is 15.3. The van der Waals surface area contributed by atoms with Crippen LogP contribution < -0.4 is 5.32 Å². The van der Waals surface area contributed by atoms with Gasteiger partial charge in [0.25, 0.3) is 0 Å². The lowest BCUT2D eigenvalue weighted by Crippen LogP contribution is -2.41. The molecule has 0 radical (unpaired) electrons. The highest BCUT2D eigenvalue weighted by Gasteiger charge is 2.30. The number of alkyl halides is 3. The summed E-state index contributed by atoms with van der Waals surface area (Å²) in [7, 11) is 0. The average molecular weight is 317 g/mol. The molecule has 5 heteroatoms. The Kier molecular flexibility index (Phi) is 5.99. The zero-order valence-electron chi connectivity index (χ0n) is 12.2. The first-order valence-electron chi connectivity index (χ1n) is 7.52. The lowest BCUT2D eigenvalue weighted by molar-refractivity contribution is -0.137. The van der Waals surface area contributed by atoms with Crippen LogP contribution in [0.3, 0.4) is 0 Å². The van der Waals surface area contributed by atoms with Crippen molar-refractivity contribution >= 4 is 11.8 Å². The third-order valence-electron chi connectivity index (χ3n) is 3.87. The summed E-state index contributed by atoms with van der Waals surface area (Å²) in [5, 5.41) is 4.07. The second kappa shape index (κ2) is 7.54. The van der Waals surface area contributed by atoms with Crippen LogP contribution in [0.2, 0.25) is 0 Å². The molecule has 0 spiro atoms. The van der Waals surface area contributed by atoms with Crippen molar-refractivity contribution < 1.29 is 13.2 Å². The number of rotatable bonds is 5. The number of likely N-dealkylation sites (N-methyl/N-ethyl adjacent to an activating group) is 1. The summed E-state index contributed by atoms with van der Waals surface area (Å²) in [6, 6.07) is 5.94. The fraction of sp³-hybridized carbons (Fsp3) is 0.625. The first-order chi connectivity index (χ1) is 10.0. The van der Waals surface area contributed by atoms with Crippen LogP contribution in [-0.4, -0.2) is 23.6 Å². The van der Waals surface area contributed by atoms with Gasteiger partial charge in [-0.05, 0) is 49.3 Å². The number of nitrogens with one attached hydrogen (secondary N) is 1. The number of hydrogen-bond acceptors (Lipinski definition) is 2. The molecule has 0 amide bonds.